The smallest absolute Gasteiger partial charge is 0.277 e. The first-order valence-electron chi connectivity index (χ1n) is 7.66. The van der Waals surface area contributed by atoms with Crippen molar-refractivity contribution in [2.75, 3.05) is 0 Å². The monoisotopic (exact) mass is 312 g/mol. The maximum atomic E-state index is 13.0. The number of aromatic nitrogens is 4. The summed E-state index contributed by atoms with van der Waals surface area (Å²) < 4.78 is 1.58. The Morgan fingerprint density at radius 1 is 0.875 bits per heavy atom. The molecule has 0 aliphatic heterocycles. The zero-order chi connectivity index (χ0) is 16.1. The molecular weight excluding hydrogens is 300 g/mol. The zero-order valence-corrected chi connectivity index (χ0v) is 12.6. The van der Waals surface area contributed by atoms with E-state index in [1.165, 1.54) is 0 Å². The zero-order valence-electron chi connectivity index (χ0n) is 12.6. The molecule has 0 saturated carbocycles. The molecular formula is C19H12N4O. The van der Waals surface area contributed by atoms with Crippen molar-refractivity contribution in [3.63, 3.8) is 0 Å². The Morgan fingerprint density at radius 3 is 2.58 bits per heavy atom. The fourth-order valence-electron chi connectivity index (χ4n) is 3.23. The van der Waals surface area contributed by atoms with Crippen molar-refractivity contribution in [1.82, 2.24) is 20.0 Å². The Labute approximate surface area is 136 Å². The van der Waals surface area contributed by atoms with Crippen LogP contribution in [0.15, 0.2) is 71.7 Å². The maximum Gasteiger partial charge on any atom is 0.277 e. The summed E-state index contributed by atoms with van der Waals surface area (Å²) in [5.74, 6) is 0. The summed E-state index contributed by atoms with van der Waals surface area (Å²) in [5, 5.41) is 14.9. The fourth-order valence-corrected chi connectivity index (χ4v) is 3.23. The number of hydrogen-bond acceptors (Lipinski definition) is 3. The van der Waals surface area contributed by atoms with E-state index in [2.05, 4.69) is 15.3 Å². The number of rotatable bonds is 1. The number of para-hydroxylation sites is 1. The summed E-state index contributed by atoms with van der Waals surface area (Å²) in [5.41, 5.74) is 2.41. The van der Waals surface area contributed by atoms with Gasteiger partial charge in [-0.15, -0.1) is 5.10 Å². The Morgan fingerprint density at radius 2 is 1.71 bits per heavy atom. The number of benzene rings is 1. The first-order chi connectivity index (χ1) is 11.8. The van der Waals surface area contributed by atoms with E-state index < -0.39 is 0 Å². The maximum absolute atomic E-state index is 13.0. The molecule has 24 heavy (non-hydrogen) atoms. The molecule has 2 heterocycles. The van der Waals surface area contributed by atoms with Crippen molar-refractivity contribution < 1.29 is 0 Å². The van der Waals surface area contributed by atoms with E-state index in [-0.39, 0.29) is 5.56 Å². The molecule has 5 nitrogen and oxygen atoms in total. The van der Waals surface area contributed by atoms with Crippen LogP contribution in [-0.4, -0.2) is 20.0 Å². The highest BCUT2D eigenvalue weighted by Gasteiger charge is 2.13. The molecule has 5 rings (SSSR count). The van der Waals surface area contributed by atoms with Gasteiger partial charge in [0.05, 0.1) is 22.8 Å². The van der Waals surface area contributed by atoms with Gasteiger partial charge in [-0.3, -0.25) is 9.89 Å². The summed E-state index contributed by atoms with van der Waals surface area (Å²) >= 11 is 0. The third-order valence-electron chi connectivity index (χ3n) is 4.34. The van der Waals surface area contributed by atoms with Crippen molar-refractivity contribution in [2.24, 2.45) is 0 Å². The number of nitrogens with one attached hydrogen (secondary N) is 1. The Bertz CT molecular complexity index is 1270. The van der Waals surface area contributed by atoms with Crippen LogP contribution in [0, 0.1) is 0 Å². The summed E-state index contributed by atoms with van der Waals surface area (Å²) in [6.07, 6.45) is 1.66. The van der Waals surface area contributed by atoms with Gasteiger partial charge in [0, 0.05) is 16.2 Å². The molecule has 0 radical (unpaired) electrons. The van der Waals surface area contributed by atoms with Crippen LogP contribution in [0.5, 0.6) is 0 Å². The molecule has 0 amide bonds. The lowest BCUT2D eigenvalue weighted by Gasteiger charge is -2.07. The molecule has 0 bridgehead atoms. The molecule has 0 atom stereocenters. The van der Waals surface area contributed by atoms with E-state index >= 15 is 0 Å². The van der Waals surface area contributed by atoms with Crippen LogP contribution >= 0.6 is 0 Å². The minimum absolute atomic E-state index is 0.0850. The summed E-state index contributed by atoms with van der Waals surface area (Å²) in [6.45, 7) is 0. The van der Waals surface area contributed by atoms with Crippen molar-refractivity contribution in [3.8, 4) is 5.69 Å². The number of hydrogen-bond donors (Lipinski definition) is 1. The van der Waals surface area contributed by atoms with E-state index in [9.17, 15) is 4.79 Å². The average Bonchev–Trinajstić information content (AvgIpc) is 2.97. The van der Waals surface area contributed by atoms with Gasteiger partial charge in [-0.1, -0.05) is 24.3 Å². The van der Waals surface area contributed by atoms with Crippen LogP contribution in [0.3, 0.4) is 0 Å². The van der Waals surface area contributed by atoms with Gasteiger partial charge in [0.15, 0.2) is 0 Å². The van der Waals surface area contributed by atoms with Crippen LogP contribution in [0.1, 0.15) is 0 Å². The lowest BCUT2D eigenvalue weighted by Crippen LogP contribution is -2.20. The van der Waals surface area contributed by atoms with Crippen LogP contribution in [-0.2, 0) is 0 Å². The van der Waals surface area contributed by atoms with Crippen LogP contribution in [0.4, 0.5) is 0 Å². The standard InChI is InChI=1S/C19H12N4O/c24-19-15-7-6-12-10-11-20-21-18(12)14-8-9-16(17(14)15)22-23(19)13-4-2-1-3-5-13/h1-11,22H. The van der Waals surface area contributed by atoms with Crippen LogP contribution in [0.25, 0.3) is 38.3 Å². The lowest BCUT2D eigenvalue weighted by atomic mass is 10.2. The summed E-state index contributed by atoms with van der Waals surface area (Å²) in [6, 6.07) is 19.2. The molecule has 0 aliphatic carbocycles. The van der Waals surface area contributed by atoms with E-state index in [0.717, 1.165) is 32.9 Å². The van der Waals surface area contributed by atoms with Gasteiger partial charge in [-0.05, 0) is 36.4 Å². The molecule has 0 aliphatic rings. The van der Waals surface area contributed by atoms with Crippen molar-refractivity contribution in [3.05, 3.63) is 77.2 Å². The number of aromatic amines is 1. The van der Waals surface area contributed by atoms with Gasteiger partial charge in [-0.25, -0.2) is 4.68 Å². The third-order valence-corrected chi connectivity index (χ3v) is 4.34. The van der Waals surface area contributed by atoms with Gasteiger partial charge in [0.1, 0.15) is 5.52 Å². The number of fused-ring (bicyclic) bond motifs is 2. The highest BCUT2D eigenvalue weighted by molar-refractivity contribution is 6.17. The second-order valence-electron chi connectivity index (χ2n) is 5.71. The topological polar surface area (TPSA) is 63.6 Å². The van der Waals surface area contributed by atoms with Gasteiger partial charge in [-0.2, -0.15) is 5.10 Å². The Kier molecular flexibility index (Phi) is 2.58. The van der Waals surface area contributed by atoms with E-state index in [1.807, 2.05) is 60.7 Å². The normalized spacial score (nSPS) is 11.5. The highest BCUT2D eigenvalue weighted by atomic mass is 16.1. The van der Waals surface area contributed by atoms with Crippen LogP contribution < -0.4 is 5.56 Å². The Balaban J connectivity index is 2.02. The second-order valence-corrected chi connectivity index (χ2v) is 5.71. The Hall–Kier alpha value is -3.47. The first-order valence-corrected chi connectivity index (χ1v) is 7.66. The van der Waals surface area contributed by atoms with E-state index in [0.29, 0.717) is 5.39 Å². The highest BCUT2D eigenvalue weighted by Crippen LogP contribution is 2.29. The first kappa shape index (κ1) is 13.0. The molecule has 114 valence electrons. The van der Waals surface area contributed by atoms with E-state index in [1.54, 1.807) is 10.9 Å². The predicted molar refractivity (Wildman–Crippen MR) is 94.5 cm³/mol. The van der Waals surface area contributed by atoms with Gasteiger partial charge >= 0.3 is 0 Å². The van der Waals surface area contributed by atoms with Crippen LogP contribution in [0.2, 0.25) is 0 Å². The lowest BCUT2D eigenvalue weighted by molar-refractivity contribution is 0.841. The minimum Gasteiger partial charge on any atom is -0.290 e. The SMILES string of the molecule is O=c1c2ccc3ccnnc3c3ccc([nH]n1-c1ccccc1)c23. The molecule has 5 heteroatoms. The third kappa shape index (κ3) is 1.72. The largest absolute Gasteiger partial charge is 0.290 e. The fraction of sp³-hybridized carbons (Fsp3) is 0. The average molecular weight is 312 g/mol. The molecule has 1 N–H and O–H groups in total. The number of H-pyrrole nitrogens is 1. The van der Waals surface area contributed by atoms with Gasteiger partial charge < -0.3 is 0 Å². The quantitative estimate of drug-likeness (QED) is 0.516. The van der Waals surface area contributed by atoms with Crippen molar-refractivity contribution >= 4 is 32.6 Å². The minimum atomic E-state index is -0.0850. The summed E-state index contributed by atoms with van der Waals surface area (Å²) in [4.78, 5) is 13.0. The predicted octanol–water partition coefficient (Wildman–Crippen LogP) is 3.42. The molecule has 0 spiro atoms. The molecule has 5 aromatic rings. The number of nitrogens with zero attached hydrogens (tertiary/aromatic N) is 3. The van der Waals surface area contributed by atoms with Gasteiger partial charge in [0.2, 0.25) is 0 Å². The van der Waals surface area contributed by atoms with Crippen molar-refractivity contribution in [1.29, 1.82) is 0 Å². The van der Waals surface area contributed by atoms with E-state index in [4.69, 9.17) is 0 Å². The molecule has 0 fully saturated rings. The molecule has 0 unspecified atom stereocenters. The summed E-state index contributed by atoms with van der Waals surface area (Å²) in [7, 11) is 0. The second kappa shape index (κ2) is 4.76. The molecule has 3 aromatic carbocycles. The van der Waals surface area contributed by atoms with Gasteiger partial charge in [0.25, 0.3) is 5.56 Å². The molecule has 2 aromatic heterocycles. The van der Waals surface area contributed by atoms with Crippen molar-refractivity contribution in [2.45, 2.75) is 0 Å². The molecule has 0 saturated heterocycles.